The van der Waals surface area contributed by atoms with E-state index in [1.165, 1.54) is 5.56 Å². The Morgan fingerprint density at radius 2 is 2.21 bits per heavy atom. The standard InChI is InChI=1S/C11H17ClN2/c1-9(7-13)14(2)8-10-4-3-5-11(12)6-10/h3-6,9H,7-8,13H2,1-2H3. The van der Waals surface area contributed by atoms with E-state index in [-0.39, 0.29) is 0 Å². The quantitative estimate of drug-likeness (QED) is 0.829. The molecule has 2 nitrogen and oxygen atoms in total. The molecule has 0 aliphatic carbocycles. The van der Waals surface area contributed by atoms with Gasteiger partial charge in [0.05, 0.1) is 0 Å². The summed E-state index contributed by atoms with van der Waals surface area (Å²) in [5.74, 6) is 0. The second-order valence-corrected chi connectivity index (χ2v) is 4.07. The van der Waals surface area contributed by atoms with Gasteiger partial charge in [-0.2, -0.15) is 0 Å². The Balaban J connectivity index is 2.60. The minimum absolute atomic E-state index is 0.397. The van der Waals surface area contributed by atoms with Crippen molar-refractivity contribution < 1.29 is 0 Å². The predicted molar refractivity (Wildman–Crippen MR) is 61.4 cm³/mol. The van der Waals surface area contributed by atoms with Crippen LogP contribution in [-0.4, -0.2) is 24.5 Å². The summed E-state index contributed by atoms with van der Waals surface area (Å²) in [4.78, 5) is 2.21. The van der Waals surface area contributed by atoms with Gasteiger partial charge in [0.2, 0.25) is 0 Å². The van der Waals surface area contributed by atoms with E-state index in [2.05, 4.69) is 24.9 Å². The van der Waals surface area contributed by atoms with E-state index in [0.717, 1.165) is 11.6 Å². The van der Waals surface area contributed by atoms with Gasteiger partial charge in [0, 0.05) is 24.2 Å². The largest absolute Gasteiger partial charge is 0.329 e. The molecule has 1 rings (SSSR count). The number of halogens is 1. The first kappa shape index (κ1) is 11.5. The first-order valence-electron chi connectivity index (χ1n) is 4.78. The zero-order valence-corrected chi connectivity index (χ0v) is 9.46. The second-order valence-electron chi connectivity index (χ2n) is 3.63. The number of rotatable bonds is 4. The molecule has 2 N–H and O–H groups in total. The number of hydrogen-bond acceptors (Lipinski definition) is 2. The van der Waals surface area contributed by atoms with Gasteiger partial charge in [-0.05, 0) is 31.7 Å². The van der Waals surface area contributed by atoms with Crippen LogP contribution in [0.5, 0.6) is 0 Å². The fraction of sp³-hybridized carbons (Fsp3) is 0.455. The molecule has 1 atom stereocenters. The van der Waals surface area contributed by atoms with Crippen molar-refractivity contribution in [3.63, 3.8) is 0 Å². The van der Waals surface area contributed by atoms with Gasteiger partial charge in [0.25, 0.3) is 0 Å². The first-order valence-corrected chi connectivity index (χ1v) is 5.16. The van der Waals surface area contributed by atoms with Crippen LogP contribution in [0.15, 0.2) is 24.3 Å². The molecule has 0 radical (unpaired) electrons. The van der Waals surface area contributed by atoms with Gasteiger partial charge in [-0.25, -0.2) is 0 Å². The van der Waals surface area contributed by atoms with E-state index >= 15 is 0 Å². The number of benzene rings is 1. The van der Waals surface area contributed by atoms with Crippen LogP contribution in [0.3, 0.4) is 0 Å². The lowest BCUT2D eigenvalue weighted by Crippen LogP contribution is -2.34. The van der Waals surface area contributed by atoms with Gasteiger partial charge in [-0.15, -0.1) is 0 Å². The third-order valence-electron chi connectivity index (χ3n) is 2.41. The SMILES string of the molecule is CC(CN)N(C)Cc1cccc(Cl)c1. The summed E-state index contributed by atoms with van der Waals surface area (Å²) in [6, 6.07) is 8.32. The lowest BCUT2D eigenvalue weighted by molar-refractivity contribution is 0.255. The Kier molecular flexibility index (Phi) is 4.39. The fourth-order valence-electron chi connectivity index (χ4n) is 1.26. The summed E-state index contributed by atoms with van der Waals surface area (Å²) in [5, 5.41) is 0.788. The average Bonchev–Trinajstić information content (AvgIpc) is 2.16. The van der Waals surface area contributed by atoms with Crippen molar-refractivity contribution in [3.8, 4) is 0 Å². The number of likely N-dealkylation sites (N-methyl/N-ethyl adjacent to an activating group) is 1. The highest BCUT2D eigenvalue weighted by atomic mass is 35.5. The second kappa shape index (κ2) is 5.35. The topological polar surface area (TPSA) is 29.3 Å². The van der Waals surface area contributed by atoms with Crippen molar-refractivity contribution in [2.75, 3.05) is 13.6 Å². The van der Waals surface area contributed by atoms with E-state index in [1.54, 1.807) is 0 Å². The number of hydrogen-bond donors (Lipinski definition) is 1. The zero-order chi connectivity index (χ0) is 10.6. The Morgan fingerprint density at radius 3 is 2.79 bits per heavy atom. The lowest BCUT2D eigenvalue weighted by Gasteiger charge is -2.23. The predicted octanol–water partition coefficient (Wildman–Crippen LogP) is 2.12. The minimum atomic E-state index is 0.397. The zero-order valence-electron chi connectivity index (χ0n) is 8.70. The summed E-state index contributed by atoms with van der Waals surface area (Å²) < 4.78 is 0. The smallest absolute Gasteiger partial charge is 0.0409 e. The summed E-state index contributed by atoms with van der Waals surface area (Å²) >= 11 is 5.90. The van der Waals surface area contributed by atoms with Crippen LogP contribution in [0.2, 0.25) is 5.02 Å². The molecule has 0 amide bonds. The summed E-state index contributed by atoms with van der Waals surface area (Å²) in [5.41, 5.74) is 6.81. The van der Waals surface area contributed by atoms with Crippen LogP contribution < -0.4 is 5.73 Å². The highest BCUT2D eigenvalue weighted by Crippen LogP contribution is 2.12. The molecule has 0 saturated carbocycles. The van der Waals surface area contributed by atoms with Gasteiger partial charge in [-0.1, -0.05) is 23.7 Å². The van der Waals surface area contributed by atoms with Gasteiger partial charge < -0.3 is 5.73 Å². The van der Waals surface area contributed by atoms with Gasteiger partial charge in [-0.3, -0.25) is 4.90 Å². The molecule has 14 heavy (non-hydrogen) atoms. The van der Waals surface area contributed by atoms with Crippen molar-refractivity contribution in [2.45, 2.75) is 19.5 Å². The Bertz CT molecular complexity index is 288. The molecule has 3 heteroatoms. The normalized spacial score (nSPS) is 13.2. The van der Waals surface area contributed by atoms with E-state index in [4.69, 9.17) is 17.3 Å². The van der Waals surface area contributed by atoms with Crippen LogP contribution in [0.25, 0.3) is 0 Å². The molecule has 0 heterocycles. The highest BCUT2D eigenvalue weighted by Gasteiger charge is 2.07. The van der Waals surface area contributed by atoms with Crippen LogP contribution >= 0.6 is 11.6 Å². The molecular formula is C11H17ClN2. The Hall–Kier alpha value is -0.570. The molecular weight excluding hydrogens is 196 g/mol. The molecule has 0 aliphatic heterocycles. The molecule has 0 aliphatic rings. The van der Waals surface area contributed by atoms with Crippen LogP contribution in [0.4, 0.5) is 0 Å². The van der Waals surface area contributed by atoms with E-state index in [9.17, 15) is 0 Å². The van der Waals surface area contributed by atoms with Crippen molar-refractivity contribution in [1.29, 1.82) is 0 Å². The molecule has 0 saturated heterocycles. The van der Waals surface area contributed by atoms with Crippen LogP contribution in [-0.2, 0) is 6.54 Å². The van der Waals surface area contributed by atoms with Crippen LogP contribution in [0.1, 0.15) is 12.5 Å². The first-order chi connectivity index (χ1) is 6.63. The molecule has 1 unspecified atom stereocenters. The van der Waals surface area contributed by atoms with Crippen molar-refractivity contribution >= 4 is 11.6 Å². The van der Waals surface area contributed by atoms with E-state index < -0.39 is 0 Å². The molecule has 1 aromatic carbocycles. The molecule has 78 valence electrons. The van der Waals surface area contributed by atoms with Gasteiger partial charge in [0.1, 0.15) is 0 Å². The monoisotopic (exact) mass is 212 g/mol. The van der Waals surface area contributed by atoms with Crippen LogP contribution in [0, 0.1) is 0 Å². The molecule has 0 spiro atoms. The maximum Gasteiger partial charge on any atom is 0.0409 e. The maximum atomic E-state index is 5.90. The van der Waals surface area contributed by atoms with E-state index in [1.807, 2.05) is 18.2 Å². The van der Waals surface area contributed by atoms with Gasteiger partial charge >= 0.3 is 0 Å². The fourth-order valence-corrected chi connectivity index (χ4v) is 1.47. The molecule has 1 aromatic rings. The Morgan fingerprint density at radius 1 is 1.50 bits per heavy atom. The maximum absolute atomic E-state index is 5.90. The third kappa shape index (κ3) is 3.29. The summed E-state index contributed by atoms with van der Waals surface area (Å²) in [6.07, 6.45) is 0. The number of nitrogens with zero attached hydrogens (tertiary/aromatic N) is 1. The van der Waals surface area contributed by atoms with Gasteiger partial charge in [0.15, 0.2) is 0 Å². The Labute approximate surface area is 90.7 Å². The lowest BCUT2D eigenvalue weighted by atomic mass is 10.2. The molecule has 0 aromatic heterocycles. The highest BCUT2D eigenvalue weighted by molar-refractivity contribution is 6.30. The van der Waals surface area contributed by atoms with Crippen molar-refractivity contribution in [2.24, 2.45) is 5.73 Å². The number of nitrogens with two attached hydrogens (primary N) is 1. The third-order valence-corrected chi connectivity index (χ3v) is 2.65. The molecule has 0 fully saturated rings. The minimum Gasteiger partial charge on any atom is -0.329 e. The average molecular weight is 213 g/mol. The van der Waals surface area contributed by atoms with Crippen molar-refractivity contribution in [1.82, 2.24) is 4.90 Å². The van der Waals surface area contributed by atoms with E-state index in [0.29, 0.717) is 12.6 Å². The molecule has 0 bridgehead atoms. The van der Waals surface area contributed by atoms with Crippen molar-refractivity contribution in [3.05, 3.63) is 34.9 Å². The summed E-state index contributed by atoms with van der Waals surface area (Å²) in [6.45, 7) is 3.68. The summed E-state index contributed by atoms with van der Waals surface area (Å²) in [7, 11) is 2.07.